The monoisotopic (exact) mass is 428 g/mol. The van der Waals surface area contributed by atoms with Gasteiger partial charge in [0.1, 0.15) is 5.75 Å². The van der Waals surface area contributed by atoms with E-state index in [1.807, 2.05) is 6.92 Å². The van der Waals surface area contributed by atoms with Crippen molar-refractivity contribution in [3.05, 3.63) is 87.9 Å². The van der Waals surface area contributed by atoms with Gasteiger partial charge in [-0.05, 0) is 73.7 Å². The number of benzene rings is 3. The van der Waals surface area contributed by atoms with Gasteiger partial charge in [-0.2, -0.15) is 0 Å². The van der Waals surface area contributed by atoms with E-state index in [1.165, 1.54) is 6.07 Å². The zero-order valence-electron chi connectivity index (χ0n) is 15.5. The van der Waals surface area contributed by atoms with E-state index in [9.17, 15) is 9.59 Å². The molecule has 0 saturated carbocycles. The summed E-state index contributed by atoms with van der Waals surface area (Å²) in [7, 11) is 0. The molecule has 0 heterocycles. The highest BCUT2D eigenvalue weighted by Gasteiger charge is 2.12. The Hall–Kier alpha value is -3.02. The van der Waals surface area contributed by atoms with E-state index in [0.717, 1.165) is 5.75 Å². The van der Waals surface area contributed by atoms with Crippen molar-refractivity contribution >= 4 is 46.4 Å². The third-order valence-corrected chi connectivity index (χ3v) is 4.55. The van der Waals surface area contributed by atoms with Gasteiger partial charge in [0, 0.05) is 22.0 Å². The Morgan fingerprint density at radius 2 is 1.41 bits per heavy atom. The van der Waals surface area contributed by atoms with Gasteiger partial charge >= 0.3 is 0 Å². The average molecular weight is 429 g/mol. The van der Waals surface area contributed by atoms with Gasteiger partial charge in [0.2, 0.25) is 0 Å². The first-order valence-electron chi connectivity index (χ1n) is 8.87. The van der Waals surface area contributed by atoms with Crippen LogP contribution in [0.3, 0.4) is 0 Å². The summed E-state index contributed by atoms with van der Waals surface area (Å²) in [6.07, 6.45) is 0. The van der Waals surface area contributed by atoms with Crippen molar-refractivity contribution in [2.24, 2.45) is 0 Å². The van der Waals surface area contributed by atoms with Crippen molar-refractivity contribution in [1.29, 1.82) is 0 Å². The van der Waals surface area contributed by atoms with Crippen molar-refractivity contribution < 1.29 is 14.3 Å². The number of hydrogen-bond acceptors (Lipinski definition) is 3. The van der Waals surface area contributed by atoms with Crippen molar-refractivity contribution in [2.45, 2.75) is 6.92 Å². The first-order valence-corrected chi connectivity index (χ1v) is 9.62. The van der Waals surface area contributed by atoms with Gasteiger partial charge in [0.05, 0.1) is 17.2 Å². The largest absolute Gasteiger partial charge is 0.494 e. The van der Waals surface area contributed by atoms with Gasteiger partial charge in [-0.3, -0.25) is 9.59 Å². The van der Waals surface area contributed by atoms with Crippen LogP contribution in [0.5, 0.6) is 5.75 Å². The molecule has 3 rings (SSSR count). The molecule has 0 aliphatic heterocycles. The van der Waals surface area contributed by atoms with Crippen LogP contribution in [0.4, 0.5) is 11.4 Å². The predicted octanol–water partition coefficient (Wildman–Crippen LogP) is 5.90. The summed E-state index contributed by atoms with van der Waals surface area (Å²) in [5, 5.41) is 6.27. The highest BCUT2D eigenvalue weighted by molar-refractivity contribution is 6.37. The standard InChI is InChI=1S/C22H18Cl2N2O3/c1-2-29-18-10-8-17(9-11-18)25-21(27)14-3-6-16(7-4-14)26-22(28)19-12-5-15(23)13-20(19)24/h3-13H,2H2,1H3,(H,25,27)(H,26,28). The molecule has 29 heavy (non-hydrogen) atoms. The molecule has 0 aliphatic carbocycles. The minimum Gasteiger partial charge on any atom is -0.494 e. The molecule has 148 valence electrons. The fourth-order valence-corrected chi connectivity index (χ4v) is 3.08. The molecule has 0 unspecified atom stereocenters. The number of ether oxygens (including phenoxy) is 1. The van der Waals surface area contributed by atoms with Crippen LogP contribution in [-0.2, 0) is 0 Å². The maximum atomic E-state index is 12.4. The zero-order valence-corrected chi connectivity index (χ0v) is 17.1. The van der Waals surface area contributed by atoms with Crippen LogP contribution in [0.25, 0.3) is 0 Å². The van der Waals surface area contributed by atoms with Crippen LogP contribution in [0.15, 0.2) is 66.7 Å². The van der Waals surface area contributed by atoms with E-state index >= 15 is 0 Å². The fourth-order valence-electron chi connectivity index (χ4n) is 2.58. The lowest BCUT2D eigenvalue weighted by molar-refractivity contribution is 0.102. The Labute approximate surface area is 178 Å². The second-order valence-electron chi connectivity index (χ2n) is 6.07. The van der Waals surface area contributed by atoms with Gasteiger partial charge < -0.3 is 15.4 Å². The number of halogens is 2. The van der Waals surface area contributed by atoms with E-state index in [1.54, 1.807) is 60.7 Å². The van der Waals surface area contributed by atoms with Crippen molar-refractivity contribution in [2.75, 3.05) is 17.2 Å². The first-order chi connectivity index (χ1) is 14.0. The first kappa shape index (κ1) is 20.7. The number of rotatable bonds is 6. The van der Waals surface area contributed by atoms with E-state index in [2.05, 4.69) is 10.6 Å². The SMILES string of the molecule is CCOc1ccc(NC(=O)c2ccc(NC(=O)c3ccc(Cl)cc3Cl)cc2)cc1. The molecular weight excluding hydrogens is 411 g/mol. The second kappa shape index (κ2) is 9.45. The normalized spacial score (nSPS) is 10.3. The topological polar surface area (TPSA) is 67.4 Å². The molecular formula is C22H18Cl2N2O3. The maximum Gasteiger partial charge on any atom is 0.257 e. The van der Waals surface area contributed by atoms with Crippen LogP contribution >= 0.6 is 23.2 Å². The Kier molecular flexibility index (Phi) is 6.75. The second-order valence-corrected chi connectivity index (χ2v) is 6.91. The van der Waals surface area contributed by atoms with E-state index in [0.29, 0.717) is 34.1 Å². The fraction of sp³-hybridized carbons (Fsp3) is 0.0909. The molecule has 5 nitrogen and oxygen atoms in total. The van der Waals surface area contributed by atoms with Crippen molar-refractivity contribution in [3.63, 3.8) is 0 Å². The molecule has 0 atom stereocenters. The zero-order chi connectivity index (χ0) is 20.8. The minimum atomic E-state index is -0.363. The summed E-state index contributed by atoms with van der Waals surface area (Å²) in [6.45, 7) is 2.49. The third-order valence-electron chi connectivity index (χ3n) is 4.00. The number of nitrogens with one attached hydrogen (secondary N) is 2. The smallest absolute Gasteiger partial charge is 0.257 e. The van der Waals surface area contributed by atoms with Gasteiger partial charge in [-0.25, -0.2) is 0 Å². The molecule has 0 aliphatic rings. The van der Waals surface area contributed by atoms with Crippen LogP contribution < -0.4 is 15.4 Å². The summed E-state index contributed by atoms with van der Waals surface area (Å²) >= 11 is 11.9. The number of carbonyl (C=O) groups excluding carboxylic acids is 2. The Morgan fingerprint density at radius 1 is 0.828 bits per heavy atom. The van der Waals surface area contributed by atoms with E-state index in [4.69, 9.17) is 27.9 Å². The Morgan fingerprint density at radius 3 is 2.00 bits per heavy atom. The molecule has 0 radical (unpaired) electrons. The van der Waals surface area contributed by atoms with E-state index in [-0.39, 0.29) is 16.8 Å². The summed E-state index contributed by atoms with van der Waals surface area (Å²) in [5.41, 5.74) is 1.97. The lowest BCUT2D eigenvalue weighted by Gasteiger charge is -2.09. The minimum absolute atomic E-state index is 0.257. The molecule has 3 aromatic rings. The molecule has 2 N–H and O–H groups in total. The summed E-state index contributed by atoms with van der Waals surface area (Å²) < 4.78 is 5.38. The number of anilines is 2. The third kappa shape index (κ3) is 5.50. The van der Waals surface area contributed by atoms with Crippen LogP contribution in [0, 0.1) is 0 Å². The highest BCUT2D eigenvalue weighted by Crippen LogP contribution is 2.22. The molecule has 0 aromatic heterocycles. The number of carbonyl (C=O) groups is 2. The highest BCUT2D eigenvalue weighted by atomic mass is 35.5. The van der Waals surface area contributed by atoms with Crippen molar-refractivity contribution in [3.8, 4) is 5.75 Å². The molecule has 0 bridgehead atoms. The molecule has 0 spiro atoms. The maximum absolute atomic E-state index is 12.4. The molecule has 3 aromatic carbocycles. The summed E-state index contributed by atoms with van der Waals surface area (Å²) in [4.78, 5) is 24.7. The Bertz CT molecular complexity index is 1020. The van der Waals surface area contributed by atoms with Gasteiger partial charge in [-0.15, -0.1) is 0 Å². The lowest BCUT2D eigenvalue weighted by atomic mass is 10.1. The quantitative estimate of drug-likeness (QED) is 0.513. The summed E-state index contributed by atoms with van der Waals surface area (Å²) in [6, 6.07) is 18.3. The van der Waals surface area contributed by atoms with Gasteiger partial charge in [0.15, 0.2) is 0 Å². The predicted molar refractivity (Wildman–Crippen MR) is 116 cm³/mol. The van der Waals surface area contributed by atoms with Gasteiger partial charge in [0.25, 0.3) is 11.8 Å². The van der Waals surface area contributed by atoms with E-state index < -0.39 is 0 Å². The number of amides is 2. The lowest BCUT2D eigenvalue weighted by Crippen LogP contribution is -2.14. The molecule has 7 heteroatoms. The van der Waals surface area contributed by atoms with Crippen molar-refractivity contribution in [1.82, 2.24) is 0 Å². The molecule has 0 fully saturated rings. The number of hydrogen-bond donors (Lipinski definition) is 2. The van der Waals surface area contributed by atoms with Crippen LogP contribution in [0.2, 0.25) is 10.0 Å². The average Bonchev–Trinajstić information content (AvgIpc) is 2.70. The molecule has 0 saturated heterocycles. The van der Waals surface area contributed by atoms with Crippen LogP contribution in [-0.4, -0.2) is 18.4 Å². The molecule has 2 amide bonds. The van der Waals surface area contributed by atoms with Crippen LogP contribution in [0.1, 0.15) is 27.6 Å². The van der Waals surface area contributed by atoms with Gasteiger partial charge in [-0.1, -0.05) is 23.2 Å². The summed E-state index contributed by atoms with van der Waals surface area (Å²) in [5.74, 6) is 0.123. The Balaban J connectivity index is 1.63.